The van der Waals surface area contributed by atoms with Crippen LogP contribution in [0.3, 0.4) is 0 Å². The number of alkyl halides is 3. The maximum absolute atomic E-state index is 15.6. The van der Waals surface area contributed by atoms with Crippen LogP contribution in [0.5, 0.6) is 5.75 Å². The average molecular weight is 707 g/mol. The number of aryl methyl sites for hydroxylation is 2. The number of benzene rings is 2. The van der Waals surface area contributed by atoms with Crippen molar-refractivity contribution in [3.63, 3.8) is 0 Å². The fourth-order valence-electron chi connectivity index (χ4n) is 5.86. The molecule has 4 heterocycles. The third-order valence-corrected chi connectivity index (χ3v) is 8.44. The van der Waals surface area contributed by atoms with Gasteiger partial charge in [-0.15, -0.1) is 0 Å². The van der Waals surface area contributed by atoms with Crippen LogP contribution in [0.15, 0.2) is 88.8 Å². The van der Waals surface area contributed by atoms with Gasteiger partial charge in [-0.05, 0) is 54.4 Å². The van der Waals surface area contributed by atoms with Crippen molar-refractivity contribution < 1.29 is 36.6 Å². The van der Waals surface area contributed by atoms with E-state index in [1.165, 1.54) is 73.5 Å². The first-order valence-electron chi connectivity index (χ1n) is 15.6. The van der Waals surface area contributed by atoms with Gasteiger partial charge in [-0.3, -0.25) is 19.1 Å². The molecule has 1 saturated heterocycles. The first-order chi connectivity index (χ1) is 24.3. The predicted octanol–water partition coefficient (Wildman–Crippen LogP) is 3.64. The summed E-state index contributed by atoms with van der Waals surface area (Å²) in [5.41, 5.74) is -1.07. The first-order valence-corrected chi connectivity index (χ1v) is 15.6. The number of nitrogens with one attached hydrogen (secondary N) is 1. The molecular weight excluding hydrogens is 676 g/mol. The number of morpholine rings is 1. The molecule has 2 atom stereocenters. The summed E-state index contributed by atoms with van der Waals surface area (Å²) in [6, 6.07) is 11.1. The Bertz CT molecular complexity index is 2200. The van der Waals surface area contributed by atoms with E-state index in [1.54, 1.807) is 18.2 Å². The molecule has 0 bridgehead atoms. The predicted molar refractivity (Wildman–Crippen MR) is 177 cm³/mol. The molecule has 0 spiro atoms. The van der Waals surface area contributed by atoms with Gasteiger partial charge in [0.1, 0.15) is 29.5 Å². The summed E-state index contributed by atoms with van der Waals surface area (Å²) in [6.45, 7) is 0.612. The number of hydrogen-bond donors (Lipinski definition) is 1. The van der Waals surface area contributed by atoms with E-state index in [2.05, 4.69) is 15.3 Å². The Morgan fingerprint density at radius 2 is 1.84 bits per heavy atom. The van der Waals surface area contributed by atoms with E-state index >= 15 is 4.39 Å². The number of nitrogens with zero attached hydrogens (tertiary/aromatic N) is 5. The summed E-state index contributed by atoms with van der Waals surface area (Å²) in [5.74, 6) is -2.82. The molecule has 0 radical (unpaired) electrons. The topological polar surface area (TPSA) is 138 Å². The summed E-state index contributed by atoms with van der Waals surface area (Å²) in [4.78, 5) is 62.4. The van der Waals surface area contributed by atoms with Gasteiger partial charge in [0.15, 0.2) is 0 Å². The van der Waals surface area contributed by atoms with Crippen LogP contribution in [-0.2, 0) is 23.0 Å². The standard InChI is InChI=1S/C35H30F4N6O6/c1-20-14-22(44-12-13-50-19-28(44)35(37,38)39)16-25(36)30(20)31(46)42-26(33(48)51-23-6-4-3-5-7-23)15-21-8-9-29(41-17-21)45-32(47)24-10-11-40-18-27(24)43(2)34(45)49/h3-11,14,16-18,26,28H,12-13,15,19H2,1-2H3,(H,42,46)/t26?,28-/m1/s1. The van der Waals surface area contributed by atoms with Crippen LogP contribution < -0.4 is 26.2 Å². The van der Waals surface area contributed by atoms with E-state index < -0.39 is 59.4 Å². The third kappa shape index (κ3) is 7.21. The van der Waals surface area contributed by atoms with E-state index in [0.29, 0.717) is 11.1 Å². The van der Waals surface area contributed by atoms with Crippen LogP contribution in [0.2, 0.25) is 0 Å². The first kappa shape index (κ1) is 34.9. The fourth-order valence-corrected chi connectivity index (χ4v) is 5.86. The molecule has 6 rings (SSSR count). The smallest absolute Gasteiger partial charge is 0.411 e. The van der Waals surface area contributed by atoms with Gasteiger partial charge in [0, 0.05) is 38.1 Å². The number of carbonyl (C=O) groups is 2. The number of para-hydroxylation sites is 1. The molecular formula is C35H30F4N6O6. The van der Waals surface area contributed by atoms with Crippen molar-refractivity contribution in [3.8, 4) is 11.6 Å². The van der Waals surface area contributed by atoms with Gasteiger partial charge in [-0.25, -0.2) is 23.5 Å². The molecule has 0 aliphatic carbocycles. The lowest BCUT2D eigenvalue weighted by Gasteiger charge is -2.38. The molecule has 1 aliphatic rings. The van der Waals surface area contributed by atoms with Crippen LogP contribution in [0.25, 0.3) is 16.7 Å². The second-order valence-corrected chi connectivity index (χ2v) is 11.8. The molecule has 1 unspecified atom stereocenters. The zero-order chi connectivity index (χ0) is 36.4. The fraction of sp³-hybridized carbons (Fsp3) is 0.257. The minimum absolute atomic E-state index is 0.00123. The van der Waals surface area contributed by atoms with Crippen molar-refractivity contribution in [2.75, 3.05) is 24.7 Å². The summed E-state index contributed by atoms with van der Waals surface area (Å²) in [6.07, 6.45) is -0.712. The summed E-state index contributed by atoms with van der Waals surface area (Å²) in [5, 5.41) is 2.74. The van der Waals surface area contributed by atoms with E-state index in [4.69, 9.17) is 9.47 Å². The van der Waals surface area contributed by atoms with Gasteiger partial charge in [-0.2, -0.15) is 13.2 Å². The van der Waals surface area contributed by atoms with E-state index in [0.717, 1.165) is 15.5 Å². The molecule has 1 fully saturated rings. The molecule has 51 heavy (non-hydrogen) atoms. The van der Waals surface area contributed by atoms with Crippen molar-refractivity contribution in [2.45, 2.75) is 31.6 Å². The molecule has 16 heteroatoms. The number of fused-ring (bicyclic) bond motifs is 1. The number of anilines is 1. The molecule has 1 N–H and O–H groups in total. The number of halogens is 4. The van der Waals surface area contributed by atoms with Gasteiger partial charge in [0.2, 0.25) is 0 Å². The van der Waals surface area contributed by atoms with Gasteiger partial charge in [0.25, 0.3) is 11.5 Å². The molecule has 0 saturated carbocycles. The zero-order valence-corrected chi connectivity index (χ0v) is 27.2. The number of rotatable bonds is 8. The second kappa shape index (κ2) is 14.1. The average Bonchev–Trinajstić information content (AvgIpc) is 3.11. The highest BCUT2D eigenvalue weighted by atomic mass is 19.4. The van der Waals surface area contributed by atoms with Crippen molar-refractivity contribution >= 4 is 28.5 Å². The normalized spacial score (nSPS) is 15.4. The molecule has 1 aliphatic heterocycles. The lowest BCUT2D eigenvalue weighted by atomic mass is 10.0. The molecule has 12 nitrogen and oxygen atoms in total. The summed E-state index contributed by atoms with van der Waals surface area (Å²) >= 11 is 0. The summed E-state index contributed by atoms with van der Waals surface area (Å²) in [7, 11) is 1.49. The molecule has 2 aromatic carbocycles. The van der Waals surface area contributed by atoms with Crippen LogP contribution in [0, 0.1) is 12.7 Å². The number of aromatic nitrogens is 4. The Balaban J connectivity index is 1.28. The van der Waals surface area contributed by atoms with E-state index in [9.17, 15) is 32.3 Å². The van der Waals surface area contributed by atoms with Gasteiger partial charge < -0.3 is 19.7 Å². The molecule has 3 aromatic heterocycles. The van der Waals surface area contributed by atoms with Crippen molar-refractivity contribution in [3.05, 3.63) is 123 Å². The van der Waals surface area contributed by atoms with Crippen molar-refractivity contribution in [1.29, 1.82) is 0 Å². The van der Waals surface area contributed by atoms with Crippen LogP contribution in [0.1, 0.15) is 21.5 Å². The number of pyridine rings is 2. The highest BCUT2D eigenvalue weighted by Crippen LogP contribution is 2.33. The molecule has 264 valence electrons. The number of ether oxygens (including phenoxy) is 2. The van der Waals surface area contributed by atoms with Crippen molar-refractivity contribution in [2.24, 2.45) is 7.05 Å². The number of amides is 1. The maximum Gasteiger partial charge on any atom is 0.411 e. The molecule has 5 aromatic rings. The lowest BCUT2D eigenvalue weighted by molar-refractivity contribution is -0.167. The second-order valence-electron chi connectivity index (χ2n) is 11.8. The largest absolute Gasteiger partial charge is 0.425 e. The minimum Gasteiger partial charge on any atom is -0.425 e. The van der Waals surface area contributed by atoms with Gasteiger partial charge in [-0.1, -0.05) is 24.3 Å². The summed E-state index contributed by atoms with van der Waals surface area (Å²) < 4.78 is 69.3. The number of hydrogen-bond acceptors (Lipinski definition) is 9. The Labute approximate surface area is 286 Å². The van der Waals surface area contributed by atoms with Gasteiger partial charge in [0.05, 0.1) is 35.9 Å². The van der Waals surface area contributed by atoms with Crippen molar-refractivity contribution in [1.82, 2.24) is 24.4 Å². The van der Waals surface area contributed by atoms with Crippen LogP contribution >= 0.6 is 0 Å². The number of carbonyl (C=O) groups excluding carboxylic acids is 2. The Morgan fingerprint density at radius 3 is 2.53 bits per heavy atom. The maximum atomic E-state index is 15.6. The Morgan fingerprint density at radius 1 is 1.08 bits per heavy atom. The zero-order valence-electron chi connectivity index (χ0n) is 27.2. The van der Waals surface area contributed by atoms with E-state index in [1.807, 2.05) is 0 Å². The van der Waals surface area contributed by atoms with Crippen LogP contribution in [0.4, 0.5) is 23.2 Å². The SMILES string of the molecule is Cc1cc(N2CCOC[C@@H]2C(F)(F)F)cc(F)c1C(=O)NC(Cc1ccc(-n2c(=O)c3ccncc3n(C)c2=O)nc1)C(=O)Oc1ccccc1. The highest BCUT2D eigenvalue weighted by Gasteiger charge is 2.45. The highest BCUT2D eigenvalue weighted by molar-refractivity contribution is 5.99. The van der Waals surface area contributed by atoms with Gasteiger partial charge >= 0.3 is 17.8 Å². The van der Waals surface area contributed by atoms with E-state index in [-0.39, 0.29) is 47.8 Å². The van der Waals surface area contributed by atoms with Crippen LogP contribution in [-0.4, -0.2) is 69.0 Å². The monoisotopic (exact) mass is 706 g/mol. The Hall–Kier alpha value is -5.90. The number of esters is 1. The molecule has 1 amide bonds. The Kier molecular flexibility index (Phi) is 9.69. The minimum atomic E-state index is -4.64. The third-order valence-electron chi connectivity index (χ3n) is 8.44. The lowest BCUT2D eigenvalue weighted by Crippen LogP contribution is -2.53. The quantitative estimate of drug-likeness (QED) is 0.146.